The van der Waals surface area contributed by atoms with E-state index in [-0.39, 0.29) is 22.9 Å². The first-order valence-corrected chi connectivity index (χ1v) is 7.10. The molecule has 2 unspecified atom stereocenters. The molecule has 2 atom stereocenters. The zero-order valence-corrected chi connectivity index (χ0v) is 11.7. The normalized spacial score (nSPS) is 23.1. The van der Waals surface area contributed by atoms with Crippen LogP contribution in [0.5, 0.6) is 0 Å². The number of rotatable bonds is 3. The van der Waals surface area contributed by atoms with E-state index in [1.165, 1.54) is 18.7 Å². The lowest BCUT2D eigenvalue weighted by atomic mass is 9.84. The van der Waals surface area contributed by atoms with Gasteiger partial charge in [0.25, 0.3) is 5.91 Å². The summed E-state index contributed by atoms with van der Waals surface area (Å²) in [4.78, 5) is 26.8. The Balaban J connectivity index is 2.02. The lowest BCUT2D eigenvalue weighted by Crippen LogP contribution is -2.40. The van der Waals surface area contributed by atoms with Gasteiger partial charge in [-0.25, -0.2) is 0 Å². The van der Waals surface area contributed by atoms with E-state index in [9.17, 15) is 9.59 Å². The summed E-state index contributed by atoms with van der Waals surface area (Å²) in [6.07, 6.45) is 7.14. The van der Waals surface area contributed by atoms with Crippen molar-refractivity contribution < 1.29 is 4.79 Å². The Morgan fingerprint density at radius 3 is 2.95 bits per heavy atom. The van der Waals surface area contributed by atoms with Crippen molar-refractivity contribution in [3.05, 3.63) is 33.7 Å². The first kappa shape index (κ1) is 13.8. The fourth-order valence-electron chi connectivity index (χ4n) is 2.81. The maximum Gasteiger partial charge on any atom is 0.256 e. The van der Waals surface area contributed by atoms with Crippen molar-refractivity contribution in [1.29, 1.82) is 0 Å². The maximum atomic E-state index is 12.1. The van der Waals surface area contributed by atoms with Crippen LogP contribution in [0.4, 0.5) is 0 Å². The van der Waals surface area contributed by atoms with Gasteiger partial charge in [-0.05, 0) is 25.7 Å². The lowest BCUT2D eigenvalue weighted by Gasteiger charge is -2.29. The van der Waals surface area contributed by atoms with Crippen molar-refractivity contribution in [3.8, 4) is 0 Å². The number of aryl methyl sites for hydroxylation is 1. The molecule has 1 aliphatic rings. The molecule has 104 valence electrons. The van der Waals surface area contributed by atoms with Gasteiger partial charge in [-0.1, -0.05) is 26.2 Å². The van der Waals surface area contributed by atoms with Crippen molar-refractivity contribution >= 4 is 5.91 Å². The van der Waals surface area contributed by atoms with Crippen LogP contribution in [-0.4, -0.2) is 16.9 Å². The van der Waals surface area contributed by atoms with Gasteiger partial charge in [-0.3, -0.25) is 9.59 Å². The number of aromatic nitrogens is 1. The minimum absolute atomic E-state index is 0.211. The van der Waals surface area contributed by atoms with Crippen LogP contribution in [-0.2, 0) is 0 Å². The van der Waals surface area contributed by atoms with E-state index >= 15 is 0 Å². The Kier molecular flexibility index (Phi) is 4.40. The number of nitrogens with one attached hydrogen (secondary N) is 2. The third-order valence-corrected chi connectivity index (χ3v) is 4.00. The zero-order valence-electron chi connectivity index (χ0n) is 11.7. The van der Waals surface area contributed by atoms with E-state index in [0.29, 0.717) is 5.92 Å². The number of hydrogen-bond donors (Lipinski definition) is 2. The molecule has 2 rings (SSSR count). The van der Waals surface area contributed by atoms with Gasteiger partial charge in [-0.2, -0.15) is 0 Å². The Hall–Kier alpha value is -1.58. The number of hydrogen-bond acceptors (Lipinski definition) is 2. The highest BCUT2D eigenvalue weighted by Gasteiger charge is 2.23. The molecule has 1 fully saturated rings. The second-order valence-electron chi connectivity index (χ2n) is 5.51. The molecule has 0 spiro atoms. The van der Waals surface area contributed by atoms with Crippen LogP contribution in [0.3, 0.4) is 0 Å². The summed E-state index contributed by atoms with van der Waals surface area (Å²) in [5.74, 6) is 0.457. The Labute approximate surface area is 113 Å². The monoisotopic (exact) mass is 262 g/mol. The number of amides is 1. The van der Waals surface area contributed by atoms with Crippen molar-refractivity contribution in [3.63, 3.8) is 0 Å². The minimum atomic E-state index is -0.247. The Morgan fingerprint density at radius 1 is 1.47 bits per heavy atom. The summed E-state index contributed by atoms with van der Waals surface area (Å²) >= 11 is 0. The van der Waals surface area contributed by atoms with Crippen molar-refractivity contribution in [2.75, 3.05) is 0 Å². The molecule has 1 saturated carbocycles. The smallest absolute Gasteiger partial charge is 0.256 e. The van der Waals surface area contributed by atoms with Crippen molar-refractivity contribution in [2.24, 2.45) is 5.92 Å². The SMILES string of the molecule is CCC1CCCC(NC(=O)c2c[nH]c(C)cc2=O)C1. The zero-order chi connectivity index (χ0) is 13.8. The molecule has 4 nitrogen and oxygen atoms in total. The van der Waals surface area contributed by atoms with Crippen molar-refractivity contribution in [1.82, 2.24) is 10.3 Å². The highest BCUT2D eigenvalue weighted by molar-refractivity contribution is 5.93. The molecule has 1 aromatic heterocycles. The van der Waals surface area contributed by atoms with Crippen LogP contribution in [0, 0.1) is 12.8 Å². The quantitative estimate of drug-likeness (QED) is 0.878. The van der Waals surface area contributed by atoms with Crippen LogP contribution in [0.15, 0.2) is 17.1 Å². The molecule has 1 aromatic rings. The van der Waals surface area contributed by atoms with Crippen LogP contribution in [0.2, 0.25) is 0 Å². The average Bonchev–Trinajstić information content (AvgIpc) is 2.38. The maximum absolute atomic E-state index is 12.1. The molecule has 19 heavy (non-hydrogen) atoms. The standard InChI is InChI=1S/C15H22N2O2/c1-3-11-5-4-6-12(8-11)17-15(19)13-9-16-10(2)7-14(13)18/h7,9,11-12H,3-6,8H2,1-2H3,(H,16,18)(H,17,19). The number of carbonyl (C=O) groups is 1. The van der Waals surface area contributed by atoms with Gasteiger partial charge in [0.05, 0.1) is 0 Å². The van der Waals surface area contributed by atoms with Gasteiger partial charge < -0.3 is 10.3 Å². The summed E-state index contributed by atoms with van der Waals surface area (Å²) in [7, 11) is 0. The van der Waals surface area contributed by atoms with Gasteiger partial charge in [0.2, 0.25) is 0 Å². The molecule has 0 radical (unpaired) electrons. The van der Waals surface area contributed by atoms with E-state index in [0.717, 1.165) is 31.4 Å². The lowest BCUT2D eigenvalue weighted by molar-refractivity contribution is 0.0917. The van der Waals surface area contributed by atoms with Gasteiger partial charge in [0.15, 0.2) is 5.43 Å². The number of pyridine rings is 1. The molecule has 4 heteroatoms. The van der Waals surface area contributed by atoms with Gasteiger partial charge in [0.1, 0.15) is 5.56 Å². The Morgan fingerprint density at radius 2 is 2.26 bits per heavy atom. The molecule has 0 aromatic carbocycles. The number of H-pyrrole nitrogens is 1. The third kappa shape index (κ3) is 3.46. The first-order valence-electron chi connectivity index (χ1n) is 7.10. The topological polar surface area (TPSA) is 62.0 Å². The van der Waals surface area contributed by atoms with E-state index in [4.69, 9.17) is 0 Å². The first-order chi connectivity index (χ1) is 9.10. The molecule has 0 bridgehead atoms. The molecule has 1 heterocycles. The second-order valence-corrected chi connectivity index (χ2v) is 5.51. The molecular formula is C15H22N2O2. The van der Waals surface area contributed by atoms with E-state index in [1.807, 2.05) is 0 Å². The molecule has 0 aliphatic heterocycles. The van der Waals surface area contributed by atoms with Gasteiger partial charge >= 0.3 is 0 Å². The fraction of sp³-hybridized carbons (Fsp3) is 0.600. The summed E-state index contributed by atoms with van der Waals surface area (Å²) in [5.41, 5.74) is 0.770. The third-order valence-electron chi connectivity index (χ3n) is 4.00. The predicted molar refractivity (Wildman–Crippen MR) is 75.3 cm³/mol. The van der Waals surface area contributed by atoms with E-state index < -0.39 is 0 Å². The van der Waals surface area contributed by atoms with Crippen molar-refractivity contribution in [2.45, 2.75) is 52.0 Å². The fourth-order valence-corrected chi connectivity index (χ4v) is 2.81. The molecule has 1 aliphatic carbocycles. The Bertz CT molecular complexity index is 507. The van der Waals surface area contributed by atoms with E-state index in [1.54, 1.807) is 6.92 Å². The van der Waals surface area contributed by atoms with Gasteiger partial charge in [-0.15, -0.1) is 0 Å². The minimum Gasteiger partial charge on any atom is -0.364 e. The van der Waals surface area contributed by atoms with E-state index in [2.05, 4.69) is 17.2 Å². The molecule has 1 amide bonds. The summed E-state index contributed by atoms with van der Waals surface area (Å²) in [6.45, 7) is 4.00. The van der Waals surface area contributed by atoms with Crippen LogP contribution in [0.25, 0.3) is 0 Å². The van der Waals surface area contributed by atoms with Crippen LogP contribution in [0.1, 0.15) is 55.1 Å². The predicted octanol–water partition coefficient (Wildman–Crippen LogP) is 2.38. The summed E-state index contributed by atoms with van der Waals surface area (Å²) in [6, 6.07) is 1.68. The molecular weight excluding hydrogens is 240 g/mol. The number of carbonyl (C=O) groups excluding carboxylic acids is 1. The van der Waals surface area contributed by atoms with Gasteiger partial charge in [0, 0.05) is 24.0 Å². The van der Waals surface area contributed by atoms with Crippen LogP contribution >= 0.6 is 0 Å². The second kappa shape index (κ2) is 6.04. The van der Waals surface area contributed by atoms with Crippen LogP contribution < -0.4 is 10.7 Å². The largest absolute Gasteiger partial charge is 0.364 e. The highest BCUT2D eigenvalue weighted by atomic mass is 16.2. The molecule has 2 N–H and O–H groups in total. The highest BCUT2D eigenvalue weighted by Crippen LogP contribution is 2.26. The summed E-state index contributed by atoms with van der Waals surface area (Å²) < 4.78 is 0. The molecule has 0 saturated heterocycles. The summed E-state index contributed by atoms with van der Waals surface area (Å²) in [5, 5.41) is 3.00. The average molecular weight is 262 g/mol. The number of aromatic amines is 1.